The van der Waals surface area contributed by atoms with Crippen molar-refractivity contribution in [3.05, 3.63) is 40.4 Å². The van der Waals surface area contributed by atoms with Gasteiger partial charge >= 0.3 is 6.18 Å². The molecule has 0 bridgehead atoms. The van der Waals surface area contributed by atoms with Gasteiger partial charge in [-0.1, -0.05) is 23.7 Å². The van der Waals surface area contributed by atoms with Gasteiger partial charge in [0.05, 0.1) is 0 Å². The standard InChI is InChI=1S/C12H8ClF3N2OS/c13-8-3-1-2-7(4-8)11-18-9(5-20-11)10(19)17-6-12(14,15)16/h1-5H,6H2,(H,17,19). The highest BCUT2D eigenvalue weighted by atomic mass is 35.5. The van der Waals surface area contributed by atoms with E-state index in [4.69, 9.17) is 11.6 Å². The second kappa shape index (κ2) is 5.80. The highest BCUT2D eigenvalue weighted by Crippen LogP contribution is 2.26. The maximum absolute atomic E-state index is 12.0. The zero-order chi connectivity index (χ0) is 14.8. The molecular formula is C12H8ClF3N2OS. The molecule has 20 heavy (non-hydrogen) atoms. The van der Waals surface area contributed by atoms with E-state index in [2.05, 4.69) is 4.98 Å². The van der Waals surface area contributed by atoms with Crippen molar-refractivity contribution in [1.29, 1.82) is 0 Å². The quantitative estimate of drug-likeness (QED) is 0.935. The number of carbonyl (C=O) groups excluding carboxylic acids is 1. The van der Waals surface area contributed by atoms with E-state index in [1.807, 2.05) is 0 Å². The fourth-order valence-electron chi connectivity index (χ4n) is 1.40. The minimum Gasteiger partial charge on any atom is -0.342 e. The average molecular weight is 321 g/mol. The van der Waals surface area contributed by atoms with Gasteiger partial charge in [0.25, 0.3) is 5.91 Å². The number of carbonyl (C=O) groups is 1. The Morgan fingerprint density at radius 2 is 2.15 bits per heavy atom. The van der Waals surface area contributed by atoms with Crippen LogP contribution in [0.3, 0.4) is 0 Å². The number of aromatic nitrogens is 1. The van der Waals surface area contributed by atoms with Gasteiger partial charge in [0.1, 0.15) is 17.2 Å². The van der Waals surface area contributed by atoms with Crippen LogP contribution in [0, 0.1) is 0 Å². The third-order valence-electron chi connectivity index (χ3n) is 2.26. The topological polar surface area (TPSA) is 42.0 Å². The van der Waals surface area contributed by atoms with E-state index in [1.54, 1.807) is 29.6 Å². The minimum absolute atomic E-state index is 0.0470. The molecule has 1 N–H and O–H groups in total. The van der Waals surface area contributed by atoms with Gasteiger partial charge in [-0.2, -0.15) is 13.2 Å². The van der Waals surface area contributed by atoms with Gasteiger partial charge in [-0.25, -0.2) is 4.98 Å². The fraction of sp³-hybridized carbons (Fsp3) is 0.167. The van der Waals surface area contributed by atoms with E-state index in [0.29, 0.717) is 15.6 Å². The summed E-state index contributed by atoms with van der Waals surface area (Å²) >= 11 is 7.00. The molecule has 1 amide bonds. The Kier molecular flexibility index (Phi) is 4.29. The smallest absolute Gasteiger partial charge is 0.342 e. The molecule has 0 fully saturated rings. The molecular weight excluding hydrogens is 313 g/mol. The molecule has 1 heterocycles. The summed E-state index contributed by atoms with van der Waals surface area (Å²) in [5.74, 6) is -0.855. The van der Waals surface area contributed by atoms with Gasteiger partial charge in [-0.05, 0) is 12.1 Å². The molecule has 0 unspecified atom stereocenters. The number of benzene rings is 1. The number of halogens is 4. The van der Waals surface area contributed by atoms with Crippen LogP contribution in [-0.4, -0.2) is 23.6 Å². The largest absolute Gasteiger partial charge is 0.405 e. The zero-order valence-corrected chi connectivity index (χ0v) is 11.4. The molecule has 8 heteroatoms. The normalized spacial score (nSPS) is 11.4. The van der Waals surface area contributed by atoms with Crippen LogP contribution in [0.25, 0.3) is 10.6 Å². The van der Waals surface area contributed by atoms with Gasteiger partial charge in [-0.15, -0.1) is 11.3 Å². The summed E-state index contributed by atoms with van der Waals surface area (Å²) in [5.41, 5.74) is 0.659. The summed E-state index contributed by atoms with van der Waals surface area (Å²) in [5, 5.41) is 4.21. The molecule has 0 saturated heterocycles. The van der Waals surface area contributed by atoms with Crippen molar-refractivity contribution in [2.24, 2.45) is 0 Å². The van der Waals surface area contributed by atoms with Crippen molar-refractivity contribution in [3.8, 4) is 10.6 Å². The van der Waals surface area contributed by atoms with Crippen LogP contribution in [0.4, 0.5) is 13.2 Å². The summed E-state index contributed by atoms with van der Waals surface area (Å²) in [6, 6.07) is 6.83. The van der Waals surface area contributed by atoms with E-state index in [1.165, 1.54) is 5.38 Å². The van der Waals surface area contributed by atoms with Crippen molar-refractivity contribution >= 4 is 28.8 Å². The van der Waals surface area contributed by atoms with Crippen molar-refractivity contribution < 1.29 is 18.0 Å². The number of amides is 1. The van der Waals surface area contributed by atoms with Crippen molar-refractivity contribution in [2.45, 2.75) is 6.18 Å². The van der Waals surface area contributed by atoms with Crippen molar-refractivity contribution in [1.82, 2.24) is 10.3 Å². The second-order valence-electron chi connectivity index (χ2n) is 3.85. The molecule has 0 aliphatic heterocycles. The average Bonchev–Trinajstić information content (AvgIpc) is 2.84. The second-order valence-corrected chi connectivity index (χ2v) is 5.14. The van der Waals surface area contributed by atoms with Gasteiger partial charge in [0, 0.05) is 16.0 Å². The molecule has 0 radical (unpaired) electrons. The lowest BCUT2D eigenvalue weighted by Gasteiger charge is -2.06. The summed E-state index contributed by atoms with van der Waals surface area (Å²) in [4.78, 5) is 15.5. The van der Waals surface area contributed by atoms with Crippen LogP contribution < -0.4 is 5.32 Å². The lowest BCUT2D eigenvalue weighted by Crippen LogP contribution is -2.33. The number of nitrogens with zero attached hydrogens (tertiary/aromatic N) is 1. The number of rotatable bonds is 3. The fourth-order valence-corrected chi connectivity index (χ4v) is 2.39. The predicted molar refractivity (Wildman–Crippen MR) is 70.9 cm³/mol. The highest BCUT2D eigenvalue weighted by Gasteiger charge is 2.28. The lowest BCUT2D eigenvalue weighted by molar-refractivity contribution is -0.123. The Bertz CT molecular complexity index is 627. The van der Waals surface area contributed by atoms with Crippen LogP contribution >= 0.6 is 22.9 Å². The van der Waals surface area contributed by atoms with Crippen LogP contribution in [0.1, 0.15) is 10.5 Å². The first-order valence-electron chi connectivity index (χ1n) is 5.41. The van der Waals surface area contributed by atoms with Crippen LogP contribution in [-0.2, 0) is 0 Å². The summed E-state index contributed by atoms with van der Waals surface area (Å²) < 4.78 is 36.0. The molecule has 0 aliphatic carbocycles. The molecule has 0 saturated carbocycles. The third kappa shape index (κ3) is 3.94. The Morgan fingerprint density at radius 3 is 2.80 bits per heavy atom. The van der Waals surface area contributed by atoms with E-state index in [9.17, 15) is 18.0 Å². The van der Waals surface area contributed by atoms with E-state index < -0.39 is 18.6 Å². The maximum atomic E-state index is 12.0. The van der Waals surface area contributed by atoms with Crippen LogP contribution in [0.15, 0.2) is 29.6 Å². The number of nitrogens with one attached hydrogen (secondary N) is 1. The maximum Gasteiger partial charge on any atom is 0.405 e. The Hall–Kier alpha value is -1.60. The minimum atomic E-state index is -4.44. The predicted octanol–water partition coefficient (Wildman–Crippen LogP) is 3.76. The third-order valence-corrected chi connectivity index (χ3v) is 3.38. The molecule has 0 spiro atoms. The van der Waals surface area contributed by atoms with Gasteiger partial charge in [-0.3, -0.25) is 4.79 Å². The van der Waals surface area contributed by atoms with Crippen molar-refractivity contribution in [2.75, 3.05) is 6.54 Å². The molecule has 2 rings (SSSR count). The van der Waals surface area contributed by atoms with Gasteiger partial charge in [0.2, 0.25) is 0 Å². The Labute approximate surface area is 121 Å². The summed E-state index contributed by atoms with van der Waals surface area (Å²) in [6.07, 6.45) is -4.44. The molecule has 2 aromatic rings. The van der Waals surface area contributed by atoms with E-state index in [-0.39, 0.29) is 5.69 Å². The number of hydrogen-bond acceptors (Lipinski definition) is 3. The molecule has 1 aromatic carbocycles. The zero-order valence-electron chi connectivity index (χ0n) is 9.87. The highest BCUT2D eigenvalue weighted by molar-refractivity contribution is 7.13. The summed E-state index contributed by atoms with van der Waals surface area (Å²) in [6.45, 7) is -1.38. The first-order chi connectivity index (χ1) is 9.35. The van der Waals surface area contributed by atoms with Crippen LogP contribution in [0.5, 0.6) is 0 Å². The Balaban J connectivity index is 2.11. The Morgan fingerprint density at radius 1 is 1.40 bits per heavy atom. The first-order valence-corrected chi connectivity index (χ1v) is 6.67. The molecule has 3 nitrogen and oxygen atoms in total. The number of hydrogen-bond donors (Lipinski definition) is 1. The molecule has 0 aliphatic rings. The molecule has 106 valence electrons. The number of alkyl halides is 3. The summed E-state index contributed by atoms with van der Waals surface area (Å²) in [7, 11) is 0. The lowest BCUT2D eigenvalue weighted by atomic mass is 10.2. The number of thiazole rings is 1. The van der Waals surface area contributed by atoms with E-state index >= 15 is 0 Å². The molecule has 0 atom stereocenters. The monoisotopic (exact) mass is 320 g/mol. The van der Waals surface area contributed by atoms with Gasteiger partial charge < -0.3 is 5.32 Å². The van der Waals surface area contributed by atoms with Gasteiger partial charge in [0.15, 0.2) is 0 Å². The SMILES string of the molecule is O=C(NCC(F)(F)F)c1csc(-c2cccc(Cl)c2)n1. The van der Waals surface area contributed by atoms with Crippen LogP contribution in [0.2, 0.25) is 5.02 Å². The first kappa shape index (κ1) is 14.8. The van der Waals surface area contributed by atoms with Crippen molar-refractivity contribution in [3.63, 3.8) is 0 Å². The van der Waals surface area contributed by atoms with E-state index in [0.717, 1.165) is 11.3 Å². The molecule has 1 aromatic heterocycles.